The maximum Gasteiger partial charge on any atom is -0.0323 e. The summed E-state index contributed by atoms with van der Waals surface area (Å²) in [6.07, 6.45) is 9.11. The van der Waals surface area contributed by atoms with E-state index >= 15 is 0 Å². The van der Waals surface area contributed by atoms with Crippen molar-refractivity contribution in [2.75, 3.05) is 0 Å². The molecule has 1 rings (SSSR count). The highest BCUT2D eigenvalue weighted by molar-refractivity contribution is 5.00. The fourth-order valence-electron chi connectivity index (χ4n) is 0.999. The Bertz CT molecular complexity index is 90.2. The van der Waals surface area contributed by atoms with E-state index in [9.17, 15) is 0 Å². The van der Waals surface area contributed by atoms with Gasteiger partial charge in [-0.25, -0.2) is 0 Å². The Morgan fingerprint density at radius 3 is 2.10 bits per heavy atom. The fraction of sp³-hybridized carbons (Fsp3) is 0.800. The van der Waals surface area contributed by atoms with Gasteiger partial charge in [0.05, 0.1) is 0 Å². The first-order chi connectivity index (χ1) is 4.81. The summed E-state index contributed by atoms with van der Waals surface area (Å²) in [5.41, 5.74) is 1.59. The van der Waals surface area contributed by atoms with Crippen molar-refractivity contribution in [3.8, 4) is 0 Å². The summed E-state index contributed by atoms with van der Waals surface area (Å²) < 4.78 is 0. The van der Waals surface area contributed by atoms with Gasteiger partial charge in [-0.3, -0.25) is 0 Å². The molecule has 0 unspecified atom stereocenters. The molecule has 0 saturated heterocycles. The van der Waals surface area contributed by atoms with E-state index in [2.05, 4.69) is 26.8 Å². The topological polar surface area (TPSA) is 0 Å². The number of hydrogen-bond acceptors (Lipinski definition) is 0. The van der Waals surface area contributed by atoms with Gasteiger partial charge < -0.3 is 0 Å². The van der Waals surface area contributed by atoms with E-state index in [1.165, 1.54) is 32.1 Å². The highest BCUT2D eigenvalue weighted by Gasteiger charge is 1.95. The summed E-state index contributed by atoms with van der Waals surface area (Å²) in [4.78, 5) is 0. The molecule has 0 heteroatoms. The van der Waals surface area contributed by atoms with Crippen LogP contribution in [0, 0.1) is 0 Å². The summed E-state index contributed by atoms with van der Waals surface area (Å²) in [6.45, 7) is 6.47. The molecular formula is C10H20. The molecule has 60 valence electrons. The third-order valence-electron chi connectivity index (χ3n) is 1.52. The SMILES string of the molecule is CC1=CCCCC1.CCC. The Balaban J connectivity index is 0.000000236. The van der Waals surface area contributed by atoms with E-state index in [-0.39, 0.29) is 0 Å². The Morgan fingerprint density at radius 2 is 1.90 bits per heavy atom. The molecule has 0 amide bonds. The van der Waals surface area contributed by atoms with Gasteiger partial charge in [0.1, 0.15) is 0 Å². The molecule has 1 aliphatic carbocycles. The van der Waals surface area contributed by atoms with E-state index in [1.807, 2.05) is 0 Å². The van der Waals surface area contributed by atoms with Crippen molar-refractivity contribution in [2.24, 2.45) is 0 Å². The summed E-state index contributed by atoms with van der Waals surface area (Å²) in [7, 11) is 0. The molecule has 10 heavy (non-hydrogen) atoms. The zero-order valence-corrected chi connectivity index (χ0v) is 7.61. The molecule has 0 aliphatic heterocycles. The largest absolute Gasteiger partial charge is 0.0856 e. The molecule has 0 heterocycles. The molecule has 0 aromatic carbocycles. The fourth-order valence-corrected chi connectivity index (χ4v) is 0.999. The molecule has 1 aliphatic rings. The van der Waals surface area contributed by atoms with Crippen LogP contribution < -0.4 is 0 Å². The summed E-state index contributed by atoms with van der Waals surface area (Å²) in [6, 6.07) is 0. The van der Waals surface area contributed by atoms with E-state index in [0.29, 0.717) is 0 Å². The minimum absolute atomic E-state index is 1.25. The zero-order valence-electron chi connectivity index (χ0n) is 7.61. The molecule has 0 aromatic rings. The first-order valence-corrected chi connectivity index (χ1v) is 4.46. The van der Waals surface area contributed by atoms with Crippen molar-refractivity contribution in [1.29, 1.82) is 0 Å². The Morgan fingerprint density at radius 1 is 1.30 bits per heavy atom. The number of rotatable bonds is 0. The van der Waals surface area contributed by atoms with Crippen LogP contribution in [-0.4, -0.2) is 0 Å². The molecule has 0 nitrogen and oxygen atoms in total. The van der Waals surface area contributed by atoms with E-state index in [0.717, 1.165) is 0 Å². The van der Waals surface area contributed by atoms with Crippen molar-refractivity contribution in [3.63, 3.8) is 0 Å². The van der Waals surface area contributed by atoms with E-state index in [1.54, 1.807) is 5.57 Å². The lowest BCUT2D eigenvalue weighted by atomic mass is 10.0. The predicted molar refractivity (Wildman–Crippen MR) is 48.2 cm³/mol. The van der Waals surface area contributed by atoms with Gasteiger partial charge in [-0.2, -0.15) is 0 Å². The number of hydrogen-bond donors (Lipinski definition) is 0. The normalized spacial score (nSPS) is 16.9. The van der Waals surface area contributed by atoms with E-state index in [4.69, 9.17) is 0 Å². The minimum atomic E-state index is 1.25. The molecule has 0 atom stereocenters. The van der Waals surface area contributed by atoms with Gasteiger partial charge in [-0.05, 0) is 32.6 Å². The van der Waals surface area contributed by atoms with Crippen LogP contribution in [-0.2, 0) is 0 Å². The van der Waals surface area contributed by atoms with Gasteiger partial charge in [-0.1, -0.05) is 31.9 Å². The van der Waals surface area contributed by atoms with Crippen molar-refractivity contribution in [1.82, 2.24) is 0 Å². The molecule has 0 spiro atoms. The van der Waals surface area contributed by atoms with Crippen molar-refractivity contribution in [2.45, 2.75) is 52.9 Å². The second-order valence-electron chi connectivity index (χ2n) is 3.00. The average Bonchev–Trinajstić information content (AvgIpc) is 1.91. The maximum atomic E-state index is 2.35. The predicted octanol–water partition coefficient (Wildman–Crippen LogP) is 3.92. The van der Waals surface area contributed by atoms with Gasteiger partial charge in [0, 0.05) is 0 Å². The van der Waals surface area contributed by atoms with Crippen LogP contribution in [0.3, 0.4) is 0 Å². The van der Waals surface area contributed by atoms with Gasteiger partial charge >= 0.3 is 0 Å². The second-order valence-corrected chi connectivity index (χ2v) is 3.00. The maximum absolute atomic E-state index is 2.35. The molecule has 0 saturated carbocycles. The van der Waals surface area contributed by atoms with Crippen molar-refractivity contribution < 1.29 is 0 Å². The minimum Gasteiger partial charge on any atom is -0.0856 e. The van der Waals surface area contributed by atoms with Crippen LogP contribution in [0.5, 0.6) is 0 Å². The van der Waals surface area contributed by atoms with Gasteiger partial charge in [0.25, 0.3) is 0 Å². The lowest BCUT2D eigenvalue weighted by Gasteiger charge is -2.05. The second kappa shape index (κ2) is 6.85. The van der Waals surface area contributed by atoms with Crippen LogP contribution in [0.2, 0.25) is 0 Å². The molecule has 0 bridgehead atoms. The smallest absolute Gasteiger partial charge is 0.0323 e. The lowest BCUT2D eigenvalue weighted by molar-refractivity contribution is 0.702. The monoisotopic (exact) mass is 140 g/mol. The highest BCUT2D eigenvalue weighted by Crippen LogP contribution is 2.15. The molecule has 0 radical (unpaired) electrons. The van der Waals surface area contributed by atoms with Crippen LogP contribution in [0.1, 0.15) is 52.9 Å². The van der Waals surface area contributed by atoms with Crippen LogP contribution in [0.15, 0.2) is 11.6 Å². The highest BCUT2D eigenvalue weighted by atomic mass is 14.0. The van der Waals surface area contributed by atoms with Crippen LogP contribution in [0.25, 0.3) is 0 Å². The summed E-state index contributed by atoms with van der Waals surface area (Å²) >= 11 is 0. The first kappa shape index (κ1) is 9.74. The zero-order chi connectivity index (χ0) is 7.82. The molecule has 0 fully saturated rings. The first-order valence-electron chi connectivity index (χ1n) is 4.46. The summed E-state index contributed by atoms with van der Waals surface area (Å²) in [5, 5.41) is 0. The Kier molecular flexibility index (Phi) is 6.68. The van der Waals surface area contributed by atoms with Gasteiger partial charge in [-0.15, -0.1) is 0 Å². The summed E-state index contributed by atoms with van der Waals surface area (Å²) in [5.74, 6) is 0. The third-order valence-corrected chi connectivity index (χ3v) is 1.52. The van der Waals surface area contributed by atoms with E-state index < -0.39 is 0 Å². The molecule has 0 N–H and O–H groups in total. The van der Waals surface area contributed by atoms with Crippen LogP contribution >= 0.6 is 0 Å². The van der Waals surface area contributed by atoms with Gasteiger partial charge in [0.15, 0.2) is 0 Å². The van der Waals surface area contributed by atoms with Crippen molar-refractivity contribution >= 4 is 0 Å². The number of allylic oxidation sites excluding steroid dienone is 2. The van der Waals surface area contributed by atoms with Crippen molar-refractivity contribution in [3.05, 3.63) is 11.6 Å². The average molecular weight is 140 g/mol. The quantitative estimate of drug-likeness (QED) is 0.447. The Hall–Kier alpha value is -0.260. The lowest BCUT2D eigenvalue weighted by Crippen LogP contribution is -1.85. The molecule has 0 aromatic heterocycles. The standard InChI is InChI=1S/C7H12.C3H8/c1-7-5-3-2-4-6-7;1-3-2/h5H,2-4,6H2,1H3;3H2,1-2H3. The molecular weight excluding hydrogens is 120 g/mol. The Labute approximate surface area is 65.3 Å². The van der Waals surface area contributed by atoms with Gasteiger partial charge in [0.2, 0.25) is 0 Å². The third kappa shape index (κ3) is 5.87. The van der Waals surface area contributed by atoms with Crippen LogP contribution in [0.4, 0.5) is 0 Å².